The summed E-state index contributed by atoms with van der Waals surface area (Å²) in [5.41, 5.74) is 1.43. The SMILES string of the molecule is CN(CCNC(=O)CNC(=O)c1ccc(Cl)c(Cl)c1)c1ccccc1. The largest absolute Gasteiger partial charge is 0.373 e. The second-order valence-corrected chi connectivity index (χ2v) is 6.23. The van der Waals surface area contributed by atoms with Gasteiger partial charge in [0.1, 0.15) is 0 Å². The summed E-state index contributed by atoms with van der Waals surface area (Å²) in [4.78, 5) is 25.8. The van der Waals surface area contributed by atoms with Gasteiger partial charge in [-0.2, -0.15) is 0 Å². The van der Waals surface area contributed by atoms with Crippen molar-refractivity contribution in [3.05, 3.63) is 64.1 Å². The normalized spacial score (nSPS) is 10.2. The molecule has 2 aromatic rings. The molecule has 0 radical (unpaired) electrons. The molecule has 25 heavy (non-hydrogen) atoms. The Hall–Kier alpha value is -2.24. The number of benzene rings is 2. The van der Waals surface area contributed by atoms with Gasteiger partial charge in [-0.05, 0) is 30.3 Å². The van der Waals surface area contributed by atoms with Crippen LogP contribution in [0.25, 0.3) is 0 Å². The molecule has 0 saturated heterocycles. The van der Waals surface area contributed by atoms with E-state index in [0.717, 1.165) is 5.69 Å². The van der Waals surface area contributed by atoms with Crippen LogP contribution in [-0.4, -0.2) is 38.5 Å². The van der Waals surface area contributed by atoms with Crippen LogP contribution in [-0.2, 0) is 4.79 Å². The minimum atomic E-state index is -0.380. The Morgan fingerprint density at radius 1 is 1.00 bits per heavy atom. The molecule has 132 valence electrons. The highest BCUT2D eigenvalue weighted by atomic mass is 35.5. The van der Waals surface area contributed by atoms with Gasteiger partial charge in [-0.1, -0.05) is 41.4 Å². The molecular weight excluding hydrogens is 361 g/mol. The number of nitrogens with zero attached hydrogens (tertiary/aromatic N) is 1. The van der Waals surface area contributed by atoms with Crippen LogP contribution in [0.1, 0.15) is 10.4 Å². The van der Waals surface area contributed by atoms with E-state index in [1.54, 1.807) is 6.07 Å². The first-order chi connectivity index (χ1) is 12.0. The van der Waals surface area contributed by atoms with Crippen molar-refractivity contribution in [3.8, 4) is 0 Å². The van der Waals surface area contributed by atoms with Gasteiger partial charge >= 0.3 is 0 Å². The molecule has 0 aliphatic carbocycles. The topological polar surface area (TPSA) is 61.4 Å². The Bertz CT molecular complexity index is 738. The number of likely N-dealkylation sites (N-methyl/N-ethyl adjacent to an activating group) is 1. The number of amides is 2. The van der Waals surface area contributed by atoms with Crippen molar-refractivity contribution in [1.29, 1.82) is 0 Å². The van der Waals surface area contributed by atoms with Crippen molar-refractivity contribution < 1.29 is 9.59 Å². The fourth-order valence-electron chi connectivity index (χ4n) is 2.14. The molecule has 2 aromatic carbocycles. The number of carbonyl (C=O) groups excluding carboxylic acids is 2. The molecule has 0 bridgehead atoms. The summed E-state index contributed by atoms with van der Waals surface area (Å²) < 4.78 is 0. The van der Waals surface area contributed by atoms with E-state index in [9.17, 15) is 9.59 Å². The van der Waals surface area contributed by atoms with Gasteiger partial charge in [-0.15, -0.1) is 0 Å². The molecule has 7 heteroatoms. The van der Waals surface area contributed by atoms with E-state index in [1.165, 1.54) is 12.1 Å². The number of carbonyl (C=O) groups is 2. The van der Waals surface area contributed by atoms with Crippen molar-refractivity contribution in [1.82, 2.24) is 10.6 Å². The van der Waals surface area contributed by atoms with Crippen molar-refractivity contribution >= 4 is 40.7 Å². The minimum Gasteiger partial charge on any atom is -0.373 e. The molecule has 0 aliphatic rings. The summed E-state index contributed by atoms with van der Waals surface area (Å²) in [5, 5.41) is 5.98. The average molecular weight is 380 g/mol. The minimum absolute atomic E-state index is 0.103. The van der Waals surface area contributed by atoms with Gasteiger partial charge in [0.05, 0.1) is 16.6 Å². The van der Waals surface area contributed by atoms with Crippen LogP contribution < -0.4 is 15.5 Å². The van der Waals surface area contributed by atoms with Gasteiger partial charge in [-0.25, -0.2) is 0 Å². The van der Waals surface area contributed by atoms with Gasteiger partial charge in [0.2, 0.25) is 5.91 Å². The van der Waals surface area contributed by atoms with Crippen LogP contribution >= 0.6 is 23.2 Å². The summed E-state index contributed by atoms with van der Waals surface area (Å²) >= 11 is 11.7. The van der Waals surface area contributed by atoms with E-state index < -0.39 is 0 Å². The van der Waals surface area contributed by atoms with E-state index in [-0.39, 0.29) is 18.4 Å². The Morgan fingerprint density at radius 3 is 2.40 bits per heavy atom. The highest BCUT2D eigenvalue weighted by Crippen LogP contribution is 2.22. The van der Waals surface area contributed by atoms with E-state index in [4.69, 9.17) is 23.2 Å². The quantitative estimate of drug-likeness (QED) is 0.777. The van der Waals surface area contributed by atoms with Gasteiger partial charge in [-0.3, -0.25) is 9.59 Å². The molecule has 0 aromatic heterocycles. The Labute approximate surface area is 156 Å². The third kappa shape index (κ3) is 5.96. The number of halogens is 2. The summed E-state index contributed by atoms with van der Waals surface area (Å²) in [6, 6.07) is 14.4. The molecule has 2 rings (SSSR count). The zero-order valence-electron chi connectivity index (χ0n) is 13.8. The lowest BCUT2D eigenvalue weighted by atomic mass is 10.2. The highest BCUT2D eigenvalue weighted by molar-refractivity contribution is 6.42. The molecule has 2 N–H and O–H groups in total. The maximum absolute atomic E-state index is 12.0. The number of hydrogen-bond donors (Lipinski definition) is 2. The first-order valence-electron chi connectivity index (χ1n) is 7.73. The van der Waals surface area contributed by atoms with Gasteiger partial charge < -0.3 is 15.5 Å². The van der Waals surface area contributed by atoms with Crippen LogP contribution in [0.2, 0.25) is 10.0 Å². The van der Waals surface area contributed by atoms with Crippen molar-refractivity contribution in [3.63, 3.8) is 0 Å². The number of nitrogens with one attached hydrogen (secondary N) is 2. The van der Waals surface area contributed by atoms with Crippen LogP contribution in [0.3, 0.4) is 0 Å². The maximum atomic E-state index is 12.0. The molecule has 0 saturated carbocycles. The van der Waals surface area contributed by atoms with Gasteiger partial charge in [0.15, 0.2) is 0 Å². The van der Waals surface area contributed by atoms with Crippen LogP contribution in [0.15, 0.2) is 48.5 Å². The smallest absolute Gasteiger partial charge is 0.251 e. The monoisotopic (exact) mass is 379 g/mol. The number of hydrogen-bond acceptors (Lipinski definition) is 3. The fourth-order valence-corrected chi connectivity index (χ4v) is 2.44. The Morgan fingerprint density at radius 2 is 1.72 bits per heavy atom. The molecule has 0 fully saturated rings. The van der Waals surface area contributed by atoms with Gasteiger partial charge in [0.25, 0.3) is 5.91 Å². The van der Waals surface area contributed by atoms with E-state index >= 15 is 0 Å². The first kappa shape index (κ1) is 19.1. The number of para-hydroxylation sites is 1. The maximum Gasteiger partial charge on any atom is 0.251 e. The molecule has 5 nitrogen and oxygen atoms in total. The number of anilines is 1. The summed E-state index contributed by atoms with van der Waals surface area (Å²) in [6.07, 6.45) is 0. The third-order valence-corrected chi connectivity index (χ3v) is 4.30. The average Bonchev–Trinajstić information content (AvgIpc) is 2.62. The zero-order chi connectivity index (χ0) is 18.2. The van der Waals surface area contributed by atoms with Gasteiger partial charge in [0, 0.05) is 31.4 Å². The second kappa shape index (κ2) is 9.30. The van der Waals surface area contributed by atoms with E-state index in [1.807, 2.05) is 42.3 Å². The van der Waals surface area contributed by atoms with E-state index in [2.05, 4.69) is 10.6 Å². The molecule has 2 amide bonds. The number of rotatable bonds is 7. The fraction of sp³-hybridized carbons (Fsp3) is 0.222. The van der Waals surface area contributed by atoms with E-state index in [0.29, 0.717) is 28.7 Å². The lowest BCUT2D eigenvalue weighted by molar-refractivity contribution is -0.120. The molecule has 0 atom stereocenters. The van der Waals surface area contributed by atoms with Crippen LogP contribution in [0.5, 0.6) is 0 Å². The summed E-state index contributed by atoms with van der Waals surface area (Å²) in [5.74, 6) is -0.634. The predicted molar refractivity (Wildman–Crippen MR) is 102 cm³/mol. The standard InChI is InChI=1S/C18H19Cl2N3O2/c1-23(14-5-3-2-4-6-14)10-9-21-17(24)12-22-18(25)13-7-8-15(19)16(20)11-13/h2-8,11H,9-10,12H2,1H3,(H,21,24)(H,22,25). The van der Waals surface area contributed by atoms with Crippen LogP contribution in [0, 0.1) is 0 Å². The molecule has 0 spiro atoms. The molecule has 0 heterocycles. The van der Waals surface area contributed by atoms with Crippen molar-refractivity contribution in [2.24, 2.45) is 0 Å². The molecule has 0 aliphatic heterocycles. The molecule has 0 unspecified atom stereocenters. The third-order valence-electron chi connectivity index (χ3n) is 3.56. The second-order valence-electron chi connectivity index (χ2n) is 5.42. The van der Waals surface area contributed by atoms with Crippen LogP contribution in [0.4, 0.5) is 5.69 Å². The lowest BCUT2D eigenvalue weighted by Crippen LogP contribution is -2.40. The first-order valence-corrected chi connectivity index (χ1v) is 8.49. The van der Waals surface area contributed by atoms with Crippen molar-refractivity contribution in [2.45, 2.75) is 0 Å². The predicted octanol–water partition coefficient (Wildman–Crippen LogP) is 2.98. The Balaban J connectivity index is 1.71. The lowest BCUT2D eigenvalue weighted by Gasteiger charge is -2.19. The zero-order valence-corrected chi connectivity index (χ0v) is 15.3. The molecular formula is C18H19Cl2N3O2. The summed E-state index contributed by atoms with van der Waals surface area (Å²) in [7, 11) is 1.95. The highest BCUT2D eigenvalue weighted by Gasteiger charge is 2.10. The Kier molecular flexibility index (Phi) is 7.10. The summed E-state index contributed by atoms with van der Waals surface area (Å²) in [6.45, 7) is 1.04. The van der Waals surface area contributed by atoms with Crippen molar-refractivity contribution in [2.75, 3.05) is 31.6 Å².